The van der Waals surface area contributed by atoms with Gasteiger partial charge in [-0.1, -0.05) is 24.3 Å². The summed E-state index contributed by atoms with van der Waals surface area (Å²) in [6.45, 7) is 2.25. The summed E-state index contributed by atoms with van der Waals surface area (Å²) in [4.78, 5) is 0. The molecule has 0 amide bonds. The first-order valence-electron chi connectivity index (χ1n) is 6.35. The molecule has 0 spiro atoms. The van der Waals surface area contributed by atoms with Crippen molar-refractivity contribution in [2.45, 2.75) is 25.6 Å². The van der Waals surface area contributed by atoms with E-state index in [-0.39, 0.29) is 5.56 Å². The van der Waals surface area contributed by atoms with Gasteiger partial charge in [0.1, 0.15) is 11.5 Å². The van der Waals surface area contributed by atoms with Crippen molar-refractivity contribution in [2.75, 3.05) is 0 Å². The second-order valence-electron chi connectivity index (χ2n) is 4.96. The molecule has 0 aromatic heterocycles. The number of benzene rings is 2. The van der Waals surface area contributed by atoms with Crippen LogP contribution in [0.1, 0.15) is 18.1 Å². The number of ether oxygens (including phenoxy) is 1. The highest BCUT2D eigenvalue weighted by atomic mass is 19.4. The molecule has 0 aliphatic heterocycles. The van der Waals surface area contributed by atoms with Crippen LogP contribution < -0.4 is 4.74 Å². The maximum absolute atomic E-state index is 12.9. The van der Waals surface area contributed by atoms with Crippen molar-refractivity contribution in [3.05, 3.63) is 59.7 Å². The van der Waals surface area contributed by atoms with Crippen LogP contribution in [0.2, 0.25) is 0 Å². The highest BCUT2D eigenvalue weighted by Crippen LogP contribution is 2.40. The fourth-order valence-corrected chi connectivity index (χ4v) is 2.02. The Balaban J connectivity index is 2.30. The van der Waals surface area contributed by atoms with Gasteiger partial charge < -0.3 is 9.84 Å². The maximum atomic E-state index is 12.9. The molecule has 2 aromatic rings. The van der Waals surface area contributed by atoms with E-state index in [1.54, 1.807) is 24.3 Å². The van der Waals surface area contributed by atoms with Crippen molar-refractivity contribution in [3.8, 4) is 11.5 Å². The van der Waals surface area contributed by atoms with E-state index in [1.165, 1.54) is 25.1 Å². The monoisotopic (exact) mass is 296 g/mol. The smallest absolute Gasteiger partial charge is 0.421 e. The molecular formula is C16H15F3O2. The zero-order valence-corrected chi connectivity index (χ0v) is 11.6. The number of aliphatic hydroxyl groups is 1. The summed E-state index contributed by atoms with van der Waals surface area (Å²) < 4.78 is 44.1. The van der Waals surface area contributed by atoms with Crippen molar-refractivity contribution in [2.24, 2.45) is 0 Å². The fourth-order valence-electron chi connectivity index (χ4n) is 2.02. The topological polar surface area (TPSA) is 29.5 Å². The summed E-state index contributed by atoms with van der Waals surface area (Å²) in [5, 5.41) is 9.72. The summed E-state index contributed by atoms with van der Waals surface area (Å²) in [6.07, 6.45) is -4.74. The molecule has 0 aliphatic rings. The van der Waals surface area contributed by atoms with Crippen LogP contribution in [0.4, 0.5) is 13.2 Å². The van der Waals surface area contributed by atoms with Gasteiger partial charge in [0, 0.05) is 0 Å². The number of aryl methyl sites for hydroxylation is 1. The van der Waals surface area contributed by atoms with E-state index in [0.29, 0.717) is 17.1 Å². The Kier molecular flexibility index (Phi) is 3.96. The van der Waals surface area contributed by atoms with Crippen LogP contribution in [0.5, 0.6) is 11.5 Å². The van der Waals surface area contributed by atoms with Gasteiger partial charge in [0.2, 0.25) is 0 Å². The number of rotatable bonds is 3. The second-order valence-corrected chi connectivity index (χ2v) is 4.96. The Bertz CT molecular complexity index is 619. The van der Waals surface area contributed by atoms with Gasteiger partial charge >= 0.3 is 6.18 Å². The normalized spacial score (nSPS) is 14.6. The van der Waals surface area contributed by atoms with Crippen LogP contribution in [0.15, 0.2) is 48.5 Å². The average molecular weight is 296 g/mol. The molecular weight excluding hydrogens is 281 g/mol. The van der Waals surface area contributed by atoms with Crippen molar-refractivity contribution in [3.63, 3.8) is 0 Å². The minimum Gasteiger partial charge on any atom is -0.457 e. The van der Waals surface area contributed by atoms with Crippen LogP contribution in [-0.2, 0) is 5.60 Å². The van der Waals surface area contributed by atoms with E-state index in [4.69, 9.17) is 4.74 Å². The van der Waals surface area contributed by atoms with Crippen LogP contribution in [-0.4, -0.2) is 11.3 Å². The van der Waals surface area contributed by atoms with E-state index in [1.807, 2.05) is 6.07 Å². The molecule has 21 heavy (non-hydrogen) atoms. The first kappa shape index (κ1) is 15.4. The van der Waals surface area contributed by atoms with Crippen molar-refractivity contribution in [1.29, 1.82) is 0 Å². The van der Waals surface area contributed by atoms with Crippen LogP contribution in [0.3, 0.4) is 0 Å². The largest absolute Gasteiger partial charge is 0.457 e. The third-order valence-electron chi connectivity index (χ3n) is 3.25. The molecule has 0 heterocycles. The first-order chi connectivity index (χ1) is 9.72. The van der Waals surface area contributed by atoms with Crippen LogP contribution in [0.25, 0.3) is 0 Å². The lowest BCUT2D eigenvalue weighted by Gasteiger charge is -2.28. The molecule has 5 heteroatoms. The van der Waals surface area contributed by atoms with E-state index >= 15 is 0 Å². The Morgan fingerprint density at radius 2 is 1.57 bits per heavy atom. The molecule has 2 rings (SSSR count). The molecule has 0 radical (unpaired) electrons. The summed E-state index contributed by atoms with van der Waals surface area (Å²) >= 11 is 0. The van der Waals surface area contributed by atoms with Crippen LogP contribution >= 0.6 is 0 Å². The minimum absolute atomic E-state index is 0.185. The third kappa shape index (κ3) is 3.19. The predicted octanol–water partition coefficient (Wildman–Crippen LogP) is 4.56. The average Bonchev–Trinajstić information content (AvgIpc) is 2.38. The quantitative estimate of drug-likeness (QED) is 0.900. The van der Waals surface area contributed by atoms with Gasteiger partial charge in [0.05, 0.1) is 0 Å². The zero-order valence-electron chi connectivity index (χ0n) is 11.6. The number of alkyl halides is 3. The Hall–Kier alpha value is -2.01. The van der Waals surface area contributed by atoms with E-state index in [9.17, 15) is 18.3 Å². The lowest BCUT2D eigenvalue weighted by atomic mass is 9.91. The summed E-state index contributed by atoms with van der Waals surface area (Å²) in [5.74, 6) is 1.01. The maximum Gasteiger partial charge on any atom is 0.421 e. The predicted molar refractivity (Wildman–Crippen MR) is 73.3 cm³/mol. The van der Waals surface area contributed by atoms with Crippen LogP contribution in [0, 0.1) is 6.92 Å². The van der Waals surface area contributed by atoms with Gasteiger partial charge in [-0.3, -0.25) is 0 Å². The summed E-state index contributed by atoms with van der Waals surface area (Å²) in [7, 11) is 0. The van der Waals surface area contributed by atoms with Crippen molar-refractivity contribution in [1.82, 2.24) is 0 Å². The number of hydrogen-bond acceptors (Lipinski definition) is 2. The van der Waals surface area contributed by atoms with Gasteiger partial charge in [-0.25, -0.2) is 0 Å². The highest BCUT2D eigenvalue weighted by molar-refractivity contribution is 5.40. The van der Waals surface area contributed by atoms with Gasteiger partial charge in [-0.05, 0) is 49.2 Å². The molecule has 0 bridgehead atoms. The molecule has 2 aromatic carbocycles. The molecule has 0 saturated carbocycles. The summed E-state index contributed by atoms with van der Waals surface area (Å²) in [5.41, 5.74) is -2.76. The number of hydrogen-bond donors (Lipinski definition) is 1. The lowest BCUT2D eigenvalue weighted by Crippen LogP contribution is -2.39. The van der Waals surface area contributed by atoms with Gasteiger partial charge in [-0.2, -0.15) is 13.2 Å². The van der Waals surface area contributed by atoms with Gasteiger partial charge in [0.15, 0.2) is 5.60 Å². The summed E-state index contributed by atoms with van der Waals surface area (Å²) in [6, 6.07) is 13.0. The molecule has 0 saturated heterocycles. The Morgan fingerprint density at radius 1 is 0.952 bits per heavy atom. The third-order valence-corrected chi connectivity index (χ3v) is 3.25. The first-order valence-corrected chi connectivity index (χ1v) is 6.35. The van der Waals surface area contributed by atoms with E-state index in [2.05, 4.69) is 0 Å². The standard InChI is InChI=1S/C16H15F3O2/c1-11-10-13(21-12-6-4-3-5-7-12)8-9-14(11)15(2,20)16(17,18)19/h3-10,20H,1-2H3. The highest BCUT2D eigenvalue weighted by Gasteiger charge is 2.51. The zero-order chi connectivity index (χ0) is 15.7. The SMILES string of the molecule is Cc1cc(Oc2ccccc2)ccc1C(C)(O)C(F)(F)F. The molecule has 112 valence electrons. The molecule has 0 aliphatic carbocycles. The van der Waals surface area contributed by atoms with Gasteiger partial charge in [0.25, 0.3) is 0 Å². The van der Waals surface area contributed by atoms with Crippen molar-refractivity contribution < 1.29 is 23.0 Å². The Labute approximate surface area is 120 Å². The molecule has 1 N–H and O–H groups in total. The number of halogens is 3. The Morgan fingerprint density at radius 3 is 2.10 bits per heavy atom. The number of para-hydroxylation sites is 1. The van der Waals surface area contributed by atoms with Gasteiger partial charge in [-0.15, -0.1) is 0 Å². The minimum atomic E-state index is -4.74. The van der Waals surface area contributed by atoms with E-state index in [0.717, 1.165) is 6.92 Å². The van der Waals surface area contributed by atoms with E-state index < -0.39 is 11.8 Å². The molecule has 1 atom stereocenters. The lowest BCUT2D eigenvalue weighted by molar-refractivity contribution is -0.259. The molecule has 2 nitrogen and oxygen atoms in total. The molecule has 0 fully saturated rings. The second kappa shape index (κ2) is 5.41. The van der Waals surface area contributed by atoms with Crippen molar-refractivity contribution >= 4 is 0 Å². The fraction of sp³-hybridized carbons (Fsp3) is 0.250. The molecule has 1 unspecified atom stereocenters.